The van der Waals surface area contributed by atoms with Gasteiger partial charge in [0.15, 0.2) is 0 Å². The van der Waals surface area contributed by atoms with Gasteiger partial charge in [0.25, 0.3) is 0 Å². The van der Waals surface area contributed by atoms with Crippen LogP contribution in [-0.4, -0.2) is 21.8 Å². The van der Waals surface area contributed by atoms with Gasteiger partial charge >= 0.3 is 0 Å². The summed E-state index contributed by atoms with van der Waals surface area (Å²) < 4.78 is 18.1. The summed E-state index contributed by atoms with van der Waals surface area (Å²) in [6.07, 6.45) is 0. The van der Waals surface area contributed by atoms with Gasteiger partial charge in [0, 0.05) is 16.3 Å². The molecule has 3 rings (SSSR count). The lowest BCUT2D eigenvalue weighted by Crippen LogP contribution is -2.15. The molecule has 0 fully saturated rings. The molecule has 0 unspecified atom stereocenters. The van der Waals surface area contributed by atoms with E-state index in [1.807, 2.05) is 13.0 Å². The Morgan fingerprint density at radius 1 is 1.27 bits per heavy atom. The molecule has 3 aromatic rings. The van der Waals surface area contributed by atoms with Crippen LogP contribution in [0.1, 0.15) is 11.5 Å². The molecule has 8 heteroatoms. The van der Waals surface area contributed by atoms with Crippen LogP contribution in [0.3, 0.4) is 0 Å². The first-order valence-corrected chi connectivity index (χ1v) is 9.27. The third kappa shape index (κ3) is 4.83. The van der Waals surface area contributed by atoms with Gasteiger partial charge in [-0.15, -0.1) is 11.8 Å². The average molecular weight is 392 g/mol. The molecule has 134 valence electrons. The average Bonchev–Trinajstić information content (AvgIpc) is 3.08. The van der Waals surface area contributed by atoms with Crippen molar-refractivity contribution in [1.29, 1.82) is 0 Å². The maximum Gasteiger partial charge on any atom is 0.236 e. The second kappa shape index (κ2) is 8.33. The number of aryl methyl sites for hydroxylation is 1. The molecule has 0 radical (unpaired) electrons. The molecular weight excluding hydrogens is 377 g/mol. The molecule has 1 amide bonds. The van der Waals surface area contributed by atoms with E-state index < -0.39 is 0 Å². The lowest BCUT2D eigenvalue weighted by Gasteiger charge is -2.08. The van der Waals surface area contributed by atoms with E-state index in [9.17, 15) is 9.18 Å². The lowest BCUT2D eigenvalue weighted by molar-refractivity contribution is -0.113. The zero-order valence-corrected chi connectivity index (χ0v) is 15.4. The number of hydrogen-bond donors (Lipinski definition) is 1. The van der Waals surface area contributed by atoms with Crippen molar-refractivity contribution < 1.29 is 13.7 Å². The summed E-state index contributed by atoms with van der Waals surface area (Å²) in [6, 6.07) is 11.2. The van der Waals surface area contributed by atoms with Gasteiger partial charge in [0.05, 0.1) is 11.5 Å². The second-order valence-electron chi connectivity index (χ2n) is 5.52. The number of carbonyl (C=O) groups is 1. The molecule has 0 atom stereocenters. The van der Waals surface area contributed by atoms with Crippen LogP contribution in [-0.2, 0) is 10.5 Å². The molecule has 5 nitrogen and oxygen atoms in total. The number of thioether (sulfide) groups is 1. The highest BCUT2D eigenvalue weighted by Crippen LogP contribution is 2.21. The van der Waals surface area contributed by atoms with Gasteiger partial charge in [0.2, 0.25) is 17.6 Å². The number of carbonyl (C=O) groups excluding carboxylic acids is 1. The van der Waals surface area contributed by atoms with Gasteiger partial charge < -0.3 is 9.84 Å². The molecule has 1 aromatic heterocycles. The molecule has 1 heterocycles. The predicted octanol–water partition coefficient (Wildman–Crippen LogP) is 4.71. The maximum absolute atomic E-state index is 12.9. The van der Waals surface area contributed by atoms with Crippen molar-refractivity contribution in [2.24, 2.45) is 0 Å². The van der Waals surface area contributed by atoms with Crippen LogP contribution in [0.15, 0.2) is 47.0 Å². The molecule has 0 saturated carbocycles. The van der Waals surface area contributed by atoms with E-state index >= 15 is 0 Å². The highest BCUT2D eigenvalue weighted by molar-refractivity contribution is 7.99. The number of anilines is 1. The van der Waals surface area contributed by atoms with Gasteiger partial charge in [-0.2, -0.15) is 4.98 Å². The summed E-state index contributed by atoms with van der Waals surface area (Å²) in [4.78, 5) is 16.3. The van der Waals surface area contributed by atoms with Crippen molar-refractivity contribution in [1.82, 2.24) is 10.1 Å². The van der Waals surface area contributed by atoms with Crippen molar-refractivity contribution in [3.8, 4) is 11.4 Å². The molecule has 26 heavy (non-hydrogen) atoms. The Morgan fingerprint density at radius 2 is 2.04 bits per heavy atom. The molecule has 0 saturated heterocycles. The molecule has 0 aliphatic heterocycles. The molecule has 2 aromatic carbocycles. The van der Waals surface area contributed by atoms with Gasteiger partial charge in [-0.25, -0.2) is 4.39 Å². The largest absolute Gasteiger partial charge is 0.338 e. The molecule has 0 aliphatic carbocycles. The number of hydrogen-bond acceptors (Lipinski definition) is 5. The standard InChI is InChI=1S/C18H15ClFN3O2S/c1-11-2-5-13(19)8-15(11)21-16(24)9-26-10-17-22-18(23-25-17)12-3-6-14(20)7-4-12/h2-8H,9-10H2,1H3,(H,21,24). The van der Waals surface area contributed by atoms with E-state index in [1.54, 1.807) is 24.3 Å². The quantitative estimate of drug-likeness (QED) is 0.659. The van der Waals surface area contributed by atoms with Gasteiger partial charge in [0.1, 0.15) is 5.82 Å². The van der Waals surface area contributed by atoms with Gasteiger partial charge in [-0.1, -0.05) is 22.8 Å². The van der Waals surface area contributed by atoms with E-state index in [0.29, 0.717) is 33.7 Å². The number of halogens is 2. The third-order valence-electron chi connectivity index (χ3n) is 3.50. The minimum atomic E-state index is -0.325. The number of amides is 1. The number of rotatable bonds is 6. The second-order valence-corrected chi connectivity index (χ2v) is 6.94. The van der Waals surface area contributed by atoms with E-state index in [2.05, 4.69) is 15.5 Å². The Bertz CT molecular complexity index is 915. The van der Waals surface area contributed by atoms with Gasteiger partial charge in [-0.3, -0.25) is 4.79 Å². The first-order chi connectivity index (χ1) is 12.5. The summed E-state index contributed by atoms with van der Waals surface area (Å²) in [6.45, 7) is 1.90. The van der Waals surface area contributed by atoms with Gasteiger partial charge in [-0.05, 0) is 48.9 Å². The van der Waals surface area contributed by atoms with Crippen molar-refractivity contribution in [3.63, 3.8) is 0 Å². The Balaban J connectivity index is 1.51. The maximum atomic E-state index is 12.9. The van der Waals surface area contributed by atoms with Crippen LogP contribution in [0.4, 0.5) is 10.1 Å². The fourth-order valence-corrected chi connectivity index (χ4v) is 3.00. The smallest absolute Gasteiger partial charge is 0.236 e. The van der Waals surface area contributed by atoms with Crippen molar-refractivity contribution >= 4 is 35.0 Å². The topological polar surface area (TPSA) is 68.0 Å². The molecule has 0 bridgehead atoms. The van der Waals surface area contributed by atoms with Crippen LogP contribution < -0.4 is 5.32 Å². The zero-order valence-electron chi connectivity index (χ0n) is 13.8. The van der Waals surface area contributed by atoms with E-state index in [4.69, 9.17) is 16.1 Å². The Morgan fingerprint density at radius 3 is 2.81 bits per heavy atom. The van der Waals surface area contributed by atoms with Crippen molar-refractivity contribution in [2.45, 2.75) is 12.7 Å². The Labute approximate surface area is 158 Å². The highest BCUT2D eigenvalue weighted by Gasteiger charge is 2.11. The van der Waals surface area contributed by atoms with Crippen LogP contribution in [0.5, 0.6) is 0 Å². The summed E-state index contributed by atoms with van der Waals surface area (Å²) in [5.74, 6) is 0.962. The first-order valence-electron chi connectivity index (χ1n) is 7.73. The van der Waals surface area contributed by atoms with E-state index in [0.717, 1.165) is 5.56 Å². The van der Waals surface area contributed by atoms with E-state index in [1.165, 1.54) is 23.9 Å². The minimum absolute atomic E-state index is 0.140. The normalized spacial score (nSPS) is 10.7. The molecule has 0 aliphatic rings. The SMILES string of the molecule is Cc1ccc(Cl)cc1NC(=O)CSCc1nc(-c2ccc(F)cc2)no1. The summed E-state index contributed by atoms with van der Waals surface area (Å²) >= 11 is 7.29. The highest BCUT2D eigenvalue weighted by atomic mass is 35.5. The summed E-state index contributed by atoms with van der Waals surface area (Å²) in [7, 11) is 0. The first kappa shape index (κ1) is 18.4. The van der Waals surface area contributed by atoms with Crippen LogP contribution in [0, 0.1) is 12.7 Å². The predicted molar refractivity (Wildman–Crippen MR) is 101 cm³/mol. The Hall–Kier alpha value is -2.38. The van der Waals surface area contributed by atoms with Crippen molar-refractivity contribution in [2.75, 3.05) is 11.1 Å². The summed E-state index contributed by atoms with van der Waals surface area (Å²) in [5, 5.41) is 7.26. The molecule has 0 spiro atoms. The van der Waals surface area contributed by atoms with Crippen LogP contribution in [0.2, 0.25) is 5.02 Å². The lowest BCUT2D eigenvalue weighted by atomic mass is 10.2. The zero-order chi connectivity index (χ0) is 18.5. The minimum Gasteiger partial charge on any atom is -0.338 e. The van der Waals surface area contributed by atoms with Crippen molar-refractivity contribution in [3.05, 3.63) is 64.8 Å². The summed E-state index contributed by atoms with van der Waals surface area (Å²) in [5.41, 5.74) is 2.30. The number of nitrogens with one attached hydrogen (secondary N) is 1. The Kier molecular flexibility index (Phi) is 5.90. The fraction of sp³-hybridized carbons (Fsp3) is 0.167. The van der Waals surface area contributed by atoms with E-state index in [-0.39, 0.29) is 17.5 Å². The number of benzene rings is 2. The molecular formula is C18H15ClFN3O2S. The van der Waals surface area contributed by atoms with Crippen LogP contribution in [0.25, 0.3) is 11.4 Å². The third-order valence-corrected chi connectivity index (χ3v) is 4.66. The molecule has 1 N–H and O–H groups in total. The number of aromatic nitrogens is 2. The number of nitrogens with zero attached hydrogens (tertiary/aromatic N) is 2. The fourth-order valence-electron chi connectivity index (χ4n) is 2.18. The van der Waals surface area contributed by atoms with Crippen LogP contribution >= 0.6 is 23.4 Å². The monoisotopic (exact) mass is 391 g/mol.